The molecule has 24 heavy (non-hydrogen) atoms. The van der Waals surface area contributed by atoms with Crippen LogP contribution in [0.1, 0.15) is 51.0 Å². The van der Waals surface area contributed by atoms with Crippen LogP contribution in [-0.2, 0) is 0 Å². The SMILES string of the molecule is Cc1n(-c2ccccc2)cc(-c2ccccc2C(C)C)[n+]1C(C)C. The van der Waals surface area contributed by atoms with E-state index >= 15 is 0 Å². The van der Waals surface area contributed by atoms with Crippen LogP contribution in [0.25, 0.3) is 16.9 Å². The molecule has 0 atom stereocenters. The van der Waals surface area contributed by atoms with Gasteiger partial charge < -0.3 is 0 Å². The van der Waals surface area contributed by atoms with E-state index in [-0.39, 0.29) is 0 Å². The van der Waals surface area contributed by atoms with Gasteiger partial charge >= 0.3 is 0 Å². The highest BCUT2D eigenvalue weighted by atomic mass is 15.2. The highest BCUT2D eigenvalue weighted by Gasteiger charge is 2.26. The van der Waals surface area contributed by atoms with Crippen molar-refractivity contribution < 1.29 is 4.57 Å². The maximum atomic E-state index is 2.44. The second-order valence-electron chi connectivity index (χ2n) is 6.97. The van der Waals surface area contributed by atoms with Gasteiger partial charge in [-0.15, -0.1) is 0 Å². The average molecular weight is 319 g/mol. The zero-order valence-corrected chi connectivity index (χ0v) is 15.3. The van der Waals surface area contributed by atoms with Gasteiger partial charge in [-0.2, -0.15) is 4.57 Å². The number of benzene rings is 2. The predicted molar refractivity (Wildman–Crippen MR) is 101 cm³/mol. The van der Waals surface area contributed by atoms with E-state index in [1.165, 1.54) is 28.3 Å². The first kappa shape index (κ1) is 16.5. The van der Waals surface area contributed by atoms with Gasteiger partial charge in [0.2, 0.25) is 0 Å². The lowest BCUT2D eigenvalue weighted by molar-refractivity contribution is -0.711. The standard InChI is InChI=1S/C22H27N2/c1-16(2)20-13-9-10-14-21(20)22-15-23(18(5)24(22)17(3)4)19-11-7-6-8-12-19/h6-17H,1-5H3/q+1. The number of nitrogens with zero attached hydrogens (tertiary/aromatic N) is 2. The Labute approximate surface area is 145 Å². The van der Waals surface area contributed by atoms with E-state index in [2.05, 4.69) is 105 Å². The average Bonchev–Trinajstić information content (AvgIpc) is 2.93. The minimum atomic E-state index is 0.408. The zero-order valence-electron chi connectivity index (χ0n) is 15.3. The van der Waals surface area contributed by atoms with Crippen LogP contribution >= 0.6 is 0 Å². The second kappa shape index (κ2) is 6.64. The van der Waals surface area contributed by atoms with E-state index in [0.717, 1.165) is 0 Å². The molecule has 0 aliphatic rings. The first-order valence-electron chi connectivity index (χ1n) is 8.79. The summed E-state index contributed by atoms with van der Waals surface area (Å²) in [6, 6.07) is 19.8. The Kier molecular flexibility index (Phi) is 4.57. The van der Waals surface area contributed by atoms with Crippen LogP contribution in [-0.4, -0.2) is 4.57 Å². The summed E-state index contributed by atoms with van der Waals surface area (Å²) in [6.07, 6.45) is 2.28. The molecule has 0 bridgehead atoms. The topological polar surface area (TPSA) is 8.81 Å². The summed E-state index contributed by atoms with van der Waals surface area (Å²) in [6.45, 7) is 11.2. The van der Waals surface area contributed by atoms with Crippen LogP contribution < -0.4 is 4.57 Å². The van der Waals surface area contributed by atoms with E-state index in [0.29, 0.717) is 12.0 Å². The van der Waals surface area contributed by atoms with Gasteiger partial charge in [-0.3, -0.25) is 0 Å². The van der Waals surface area contributed by atoms with Crippen molar-refractivity contribution in [2.24, 2.45) is 0 Å². The molecule has 1 aromatic heterocycles. The molecule has 0 saturated carbocycles. The summed E-state index contributed by atoms with van der Waals surface area (Å²) in [5.41, 5.74) is 5.23. The molecule has 0 saturated heterocycles. The summed E-state index contributed by atoms with van der Waals surface area (Å²) < 4.78 is 4.74. The molecule has 0 spiro atoms. The molecule has 124 valence electrons. The molecule has 1 heterocycles. The Bertz CT molecular complexity index is 826. The molecule has 3 aromatic rings. The Hall–Kier alpha value is -2.35. The largest absolute Gasteiger partial charge is 0.259 e. The van der Waals surface area contributed by atoms with Crippen molar-refractivity contribution in [2.45, 2.75) is 46.6 Å². The van der Waals surface area contributed by atoms with Crippen LogP contribution in [0.2, 0.25) is 0 Å². The fraction of sp³-hybridized carbons (Fsp3) is 0.318. The molecule has 2 aromatic carbocycles. The zero-order chi connectivity index (χ0) is 17.3. The molecule has 2 heteroatoms. The van der Waals surface area contributed by atoms with Crippen LogP contribution in [0.4, 0.5) is 0 Å². The van der Waals surface area contributed by atoms with Crippen molar-refractivity contribution >= 4 is 0 Å². The van der Waals surface area contributed by atoms with Crippen LogP contribution in [0.3, 0.4) is 0 Å². The molecule has 0 N–H and O–H groups in total. The number of imidazole rings is 1. The van der Waals surface area contributed by atoms with Crippen molar-refractivity contribution in [1.29, 1.82) is 0 Å². The van der Waals surface area contributed by atoms with Crippen molar-refractivity contribution in [3.8, 4) is 16.9 Å². The lowest BCUT2D eigenvalue weighted by Gasteiger charge is -2.13. The summed E-state index contributed by atoms with van der Waals surface area (Å²) in [4.78, 5) is 0. The van der Waals surface area contributed by atoms with Crippen molar-refractivity contribution in [2.75, 3.05) is 0 Å². The van der Waals surface area contributed by atoms with Gasteiger partial charge in [-0.05, 0) is 37.5 Å². The molecular formula is C22H27N2+. The van der Waals surface area contributed by atoms with Gasteiger partial charge in [0, 0.05) is 12.5 Å². The summed E-state index contributed by atoms with van der Waals surface area (Å²) in [5, 5.41) is 0. The molecular weight excluding hydrogens is 292 g/mol. The molecule has 0 amide bonds. The summed E-state index contributed by atoms with van der Waals surface area (Å²) in [7, 11) is 0. The molecule has 0 fully saturated rings. The maximum Gasteiger partial charge on any atom is 0.259 e. The fourth-order valence-corrected chi connectivity index (χ4v) is 3.50. The highest BCUT2D eigenvalue weighted by Crippen LogP contribution is 2.29. The number of hydrogen-bond donors (Lipinski definition) is 0. The Balaban J connectivity index is 2.26. The highest BCUT2D eigenvalue weighted by molar-refractivity contribution is 5.62. The van der Waals surface area contributed by atoms with Crippen molar-refractivity contribution in [3.63, 3.8) is 0 Å². The van der Waals surface area contributed by atoms with E-state index in [1.54, 1.807) is 0 Å². The Morgan fingerprint density at radius 3 is 2.08 bits per heavy atom. The normalized spacial score (nSPS) is 11.5. The van der Waals surface area contributed by atoms with Gasteiger partial charge in [-0.1, -0.05) is 56.3 Å². The summed E-state index contributed by atoms with van der Waals surface area (Å²) in [5.74, 6) is 1.76. The molecule has 0 unspecified atom stereocenters. The van der Waals surface area contributed by atoms with E-state index < -0.39 is 0 Å². The lowest BCUT2D eigenvalue weighted by Crippen LogP contribution is -2.40. The van der Waals surface area contributed by atoms with Gasteiger partial charge in [0.25, 0.3) is 5.82 Å². The molecule has 2 nitrogen and oxygen atoms in total. The fourth-order valence-electron chi connectivity index (χ4n) is 3.50. The first-order valence-corrected chi connectivity index (χ1v) is 8.79. The number of para-hydroxylation sites is 1. The van der Waals surface area contributed by atoms with Crippen LogP contribution in [0.15, 0.2) is 60.8 Å². The third-order valence-electron chi connectivity index (χ3n) is 4.62. The number of rotatable bonds is 4. The number of aromatic nitrogens is 2. The molecule has 0 aliphatic carbocycles. The van der Waals surface area contributed by atoms with Gasteiger partial charge in [-0.25, -0.2) is 4.57 Å². The molecule has 0 aliphatic heterocycles. The quantitative estimate of drug-likeness (QED) is 0.566. The second-order valence-corrected chi connectivity index (χ2v) is 6.97. The minimum absolute atomic E-state index is 0.408. The van der Waals surface area contributed by atoms with Crippen LogP contribution in [0.5, 0.6) is 0 Å². The monoisotopic (exact) mass is 319 g/mol. The smallest absolute Gasteiger partial charge is 0.225 e. The maximum absolute atomic E-state index is 2.44. The molecule has 3 rings (SSSR count). The van der Waals surface area contributed by atoms with Crippen molar-refractivity contribution in [3.05, 3.63) is 72.2 Å². The number of hydrogen-bond acceptors (Lipinski definition) is 0. The predicted octanol–water partition coefficient (Wildman–Crippen LogP) is 5.44. The Morgan fingerprint density at radius 2 is 1.46 bits per heavy atom. The molecule has 0 radical (unpaired) electrons. The van der Waals surface area contributed by atoms with E-state index in [1.807, 2.05) is 0 Å². The third-order valence-corrected chi connectivity index (χ3v) is 4.62. The Morgan fingerprint density at radius 1 is 0.833 bits per heavy atom. The van der Waals surface area contributed by atoms with E-state index in [4.69, 9.17) is 0 Å². The van der Waals surface area contributed by atoms with Gasteiger partial charge in [0.1, 0.15) is 11.9 Å². The third kappa shape index (κ3) is 2.89. The van der Waals surface area contributed by atoms with Gasteiger partial charge in [0.05, 0.1) is 6.04 Å². The lowest BCUT2D eigenvalue weighted by atomic mass is 9.95. The van der Waals surface area contributed by atoms with E-state index in [9.17, 15) is 0 Å². The summed E-state index contributed by atoms with van der Waals surface area (Å²) >= 11 is 0. The van der Waals surface area contributed by atoms with Crippen molar-refractivity contribution in [1.82, 2.24) is 4.57 Å². The van der Waals surface area contributed by atoms with Gasteiger partial charge in [0.15, 0.2) is 5.69 Å². The first-order chi connectivity index (χ1) is 11.5. The minimum Gasteiger partial charge on any atom is -0.225 e. The van der Waals surface area contributed by atoms with Crippen LogP contribution in [0, 0.1) is 6.92 Å².